The van der Waals surface area contributed by atoms with Gasteiger partial charge in [0.15, 0.2) is 0 Å². The lowest BCUT2D eigenvalue weighted by Gasteiger charge is -2.11. The van der Waals surface area contributed by atoms with Crippen LogP contribution in [0.15, 0.2) is 46.2 Å². The van der Waals surface area contributed by atoms with Crippen LogP contribution in [0, 0.1) is 0 Å². The molecule has 1 aromatic rings. The number of benzene rings is 1. The molecule has 1 atom stereocenters. The van der Waals surface area contributed by atoms with Gasteiger partial charge in [0, 0.05) is 11.8 Å². The first-order valence-corrected chi connectivity index (χ1v) is 7.54. The molecule has 0 amide bonds. The number of sulfone groups is 1. The molecule has 0 aliphatic carbocycles. The minimum atomic E-state index is -3.51. The molecular formula is C14H18O4S. The minimum absolute atomic E-state index is 0.248. The van der Waals surface area contributed by atoms with Crippen molar-refractivity contribution in [1.82, 2.24) is 0 Å². The van der Waals surface area contributed by atoms with Crippen LogP contribution in [0.4, 0.5) is 0 Å². The van der Waals surface area contributed by atoms with E-state index in [1.807, 2.05) is 0 Å². The van der Waals surface area contributed by atoms with Crippen molar-refractivity contribution in [3.63, 3.8) is 0 Å². The van der Waals surface area contributed by atoms with Crippen LogP contribution in [0.3, 0.4) is 0 Å². The Bertz CT molecular complexity index is 558. The van der Waals surface area contributed by atoms with Crippen LogP contribution in [0.5, 0.6) is 0 Å². The topological polar surface area (TPSA) is 60.4 Å². The number of hydrogen-bond acceptors (Lipinski definition) is 4. The lowest BCUT2D eigenvalue weighted by Crippen LogP contribution is -2.13. The molecule has 0 heterocycles. The average Bonchev–Trinajstić information content (AvgIpc) is 2.36. The lowest BCUT2D eigenvalue weighted by atomic mass is 10.3. The normalized spacial score (nSPS) is 13.9. The van der Waals surface area contributed by atoms with E-state index in [2.05, 4.69) is 0 Å². The number of hydrogen-bond donors (Lipinski definition) is 0. The number of carbonyl (C=O) groups is 1. The fraction of sp³-hybridized carbons (Fsp3) is 0.357. The molecule has 1 unspecified atom stereocenters. The molecule has 0 saturated carbocycles. The SMILES string of the molecule is CC/C(=C/C(C)OC(C)=O)S(=O)(=O)c1ccccc1. The van der Waals surface area contributed by atoms with Gasteiger partial charge in [-0.15, -0.1) is 0 Å². The summed E-state index contributed by atoms with van der Waals surface area (Å²) in [4.78, 5) is 11.3. The fourth-order valence-electron chi connectivity index (χ4n) is 1.71. The Labute approximate surface area is 114 Å². The molecule has 0 saturated heterocycles. The number of esters is 1. The Hall–Kier alpha value is -1.62. The van der Waals surface area contributed by atoms with E-state index in [-0.39, 0.29) is 9.80 Å². The van der Waals surface area contributed by atoms with Crippen molar-refractivity contribution in [2.45, 2.75) is 38.2 Å². The van der Waals surface area contributed by atoms with E-state index in [1.165, 1.54) is 13.0 Å². The Morgan fingerprint density at radius 1 is 1.32 bits per heavy atom. The first kappa shape index (κ1) is 15.4. The summed E-state index contributed by atoms with van der Waals surface area (Å²) in [5, 5.41) is 0. The maximum Gasteiger partial charge on any atom is 0.303 e. The average molecular weight is 282 g/mol. The van der Waals surface area contributed by atoms with Gasteiger partial charge in [0.1, 0.15) is 6.10 Å². The second-order valence-corrected chi connectivity index (χ2v) is 6.12. The summed E-state index contributed by atoms with van der Waals surface area (Å²) in [5.41, 5.74) is 0. The van der Waals surface area contributed by atoms with Gasteiger partial charge in [-0.25, -0.2) is 8.42 Å². The first-order valence-electron chi connectivity index (χ1n) is 6.06. The highest BCUT2D eigenvalue weighted by Gasteiger charge is 2.20. The van der Waals surface area contributed by atoms with Crippen molar-refractivity contribution in [2.24, 2.45) is 0 Å². The first-order chi connectivity index (χ1) is 8.87. The van der Waals surface area contributed by atoms with Gasteiger partial charge in [0.2, 0.25) is 9.84 Å². The smallest absolute Gasteiger partial charge is 0.303 e. The monoisotopic (exact) mass is 282 g/mol. The summed E-state index contributed by atoms with van der Waals surface area (Å²) in [5.74, 6) is -0.434. The zero-order valence-electron chi connectivity index (χ0n) is 11.3. The third-order valence-corrected chi connectivity index (χ3v) is 4.53. The van der Waals surface area contributed by atoms with Crippen LogP contribution >= 0.6 is 0 Å². The predicted molar refractivity (Wildman–Crippen MR) is 73.2 cm³/mol. The third-order valence-electron chi connectivity index (χ3n) is 2.52. The Morgan fingerprint density at radius 3 is 2.37 bits per heavy atom. The van der Waals surface area contributed by atoms with E-state index >= 15 is 0 Å². The zero-order valence-corrected chi connectivity index (χ0v) is 12.1. The maximum absolute atomic E-state index is 12.4. The highest BCUT2D eigenvalue weighted by molar-refractivity contribution is 7.95. The molecule has 1 rings (SSSR count). The van der Waals surface area contributed by atoms with Gasteiger partial charge in [0.25, 0.3) is 0 Å². The number of carbonyl (C=O) groups excluding carboxylic acids is 1. The Kier molecular flexibility index (Phi) is 5.30. The van der Waals surface area contributed by atoms with Crippen molar-refractivity contribution in [3.05, 3.63) is 41.3 Å². The molecule has 4 nitrogen and oxygen atoms in total. The summed E-state index contributed by atoms with van der Waals surface area (Å²) in [7, 11) is -3.51. The van der Waals surface area contributed by atoms with Crippen LogP contribution in [0.2, 0.25) is 0 Å². The van der Waals surface area contributed by atoms with Crippen molar-refractivity contribution in [3.8, 4) is 0 Å². The molecule has 0 aromatic heterocycles. The van der Waals surface area contributed by atoms with E-state index in [9.17, 15) is 13.2 Å². The predicted octanol–water partition coefficient (Wildman–Crippen LogP) is 2.71. The van der Waals surface area contributed by atoms with Crippen LogP contribution in [-0.4, -0.2) is 20.5 Å². The third kappa shape index (κ3) is 4.21. The molecule has 1 aromatic carbocycles. The standard InChI is InChI=1S/C14H18O4S/c1-4-13(10-11(2)18-12(3)15)19(16,17)14-8-6-5-7-9-14/h5-11H,4H2,1-3H3/b13-10-. The molecular weight excluding hydrogens is 264 g/mol. The molecule has 0 aliphatic heterocycles. The van der Waals surface area contributed by atoms with Crippen LogP contribution in [-0.2, 0) is 19.4 Å². The number of allylic oxidation sites excluding steroid dienone is 1. The van der Waals surface area contributed by atoms with Gasteiger partial charge in [-0.1, -0.05) is 25.1 Å². The van der Waals surface area contributed by atoms with Crippen LogP contribution in [0.1, 0.15) is 27.2 Å². The van der Waals surface area contributed by atoms with Gasteiger partial charge in [-0.05, 0) is 31.6 Å². The van der Waals surface area contributed by atoms with Gasteiger partial charge in [-0.3, -0.25) is 4.79 Å². The molecule has 0 fully saturated rings. The minimum Gasteiger partial charge on any atom is -0.459 e. The van der Waals surface area contributed by atoms with E-state index in [0.717, 1.165) is 0 Å². The molecule has 0 aliphatic rings. The van der Waals surface area contributed by atoms with Crippen molar-refractivity contribution in [2.75, 3.05) is 0 Å². The molecule has 0 radical (unpaired) electrons. The van der Waals surface area contributed by atoms with Crippen molar-refractivity contribution in [1.29, 1.82) is 0 Å². The molecule has 0 spiro atoms. The largest absolute Gasteiger partial charge is 0.459 e. The zero-order chi connectivity index (χ0) is 14.5. The molecule has 5 heteroatoms. The molecule has 19 heavy (non-hydrogen) atoms. The Balaban J connectivity index is 3.09. The Morgan fingerprint density at radius 2 is 1.89 bits per heavy atom. The van der Waals surface area contributed by atoms with E-state index in [4.69, 9.17) is 4.74 Å². The van der Waals surface area contributed by atoms with Gasteiger partial charge in [0.05, 0.1) is 4.90 Å². The number of ether oxygens (including phenoxy) is 1. The van der Waals surface area contributed by atoms with Crippen molar-refractivity contribution >= 4 is 15.8 Å². The maximum atomic E-state index is 12.4. The number of rotatable bonds is 5. The fourth-order valence-corrected chi connectivity index (χ4v) is 3.28. The van der Waals surface area contributed by atoms with Gasteiger partial charge < -0.3 is 4.74 Å². The highest BCUT2D eigenvalue weighted by atomic mass is 32.2. The summed E-state index contributed by atoms with van der Waals surface area (Å²) in [6.07, 6.45) is 1.26. The van der Waals surface area contributed by atoms with E-state index < -0.39 is 21.9 Å². The molecule has 0 N–H and O–H groups in total. The quantitative estimate of drug-likeness (QED) is 0.779. The summed E-state index contributed by atoms with van der Waals surface area (Å²) < 4.78 is 29.7. The van der Waals surface area contributed by atoms with E-state index in [1.54, 1.807) is 44.2 Å². The highest BCUT2D eigenvalue weighted by Crippen LogP contribution is 2.22. The van der Waals surface area contributed by atoms with Gasteiger partial charge in [-0.2, -0.15) is 0 Å². The van der Waals surface area contributed by atoms with Crippen LogP contribution < -0.4 is 0 Å². The van der Waals surface area contributed by atoms with Crippen molar-refractivity contribution < 1.29 is 17.9 Å². The summed E-state index contributed by atoms with van der Waals surface area (Å²) in [6, 6.07) is 8.21. The van der Waals surface area contributed by atoms with Crippen LogP contribution in [0.25, 0.3) is 0 Å². The van der Waals surface area contributed by atoms with E-state index in [0.29, 0.717) is 6.42 Å². The molecule has 104 valence electrons. The van der Waals surface area contributed by atoms with Gasteiger partial charge >= 0.3 is 5.97 Å². The lowest BCUT2D eigenvalue weighted by molar-refractivity contribution is -0.143. The molecule has 0 bridgehead atoms. The second kappa shape index (κ2) is 6.52. The second-order valence-electron chi connectivity index (χ2n) is 4.12. The summed E-state index contributed by atoms with van der Waals surface area (Å²) >= 11 is 0. The summed E-state index contributed by atoms with van der Waals surface area (Å²) in [6.45, 7) is 4.69.